The Morgan fingerprint density at radius 1 is 1.25 bits per heavy atom. The van der Waals surface area contributed by atoms with Gasteiger partial charge in [-0.15, -0.1) is 0 Å². The van der Waals surface area contributed by atoms with E-state index < -0.39 is 5.97 Å². The summed E-state index contributed by atoms with van der Waals surface area (Å²) in [5.74, 6) is -0.381. The third kappa shape index (κ3) is 0.763. The van der Waals surface area contributed by atoms with E-state index in [2.05, 4.69) is 4.74 Å². The van der Waals surface area contributed by atoms with Crippen LogP contribution in [0, 0.1) is 0 Å². The SMILES string of the molecule is COC(=O)c1cc2cc(c1)C2=O. The van der Waals surface area contributed by atoms with Crippen molar-refractivity contribution in [1.82, 2.24) is 0 Å². The quantitative estimate of drug-likeness (QED) is 0.588. The maximum absolute atomic E-state index is 11.0. The van der Waals surface area contributed by atoms with Crippen molar-refractivity contribution in [2.24, 2.45) is 0 Å². The lowest BCUT2D eigenvalue weighted by atomic mass is 9.89. The van der Waals surface area contributed by atoms with Gasteiger partial charge in [-0.3, -0.25) is 4.79 Å². The summed E-state index contributed by atoms with van der Waals surface area (Å²) >= 11 is 0. The summed E-state index contributed by atoms with van der Waals surface area (Å²) in [6, 6.07) is 4.83. The largest absolute Gasteiger partial charge is 0.465 e. The molecule has 0 saturated carbocycles. The van der Waals surface area contributed by atoms with E-state index in [0.29, 0.717) is 16.7 Å². The maximum Gasteiger partial charge on any atom is 0.337 e. The van der Waals surface area contributed by atoms with Crippen LogP contribution in [0.2, 0.25) is 0 Å². The summed E-state index contributed by atoms with van der Waals surface area (Å²) in [7, 11) is 1.32. The number of esters is 1. The van der Waals surface area contributed by atoms with E-state index in [9.17, 15) is 9.59 Å². The molecule has 0 heterocycles. The smallest absolute Gasteiger partial charge is 0.337 e. The first-order valence-electron chi connectivity index (χ1n) is 3.50. The molecule has 0 saturated heterocycles. The summed E-state index contributed by atoms with van der Waals surface area (Å²) in [5, 5.41) is 0. The van der Waals surface area contributed by atoms with Crippen molar-refractivity contribution >= 4 is 11.8 Å². The van der Waals surface area contributed by atoms with Crippen LogP contribution < -0.4 is 0 Å². The van der Waals surface area contributed by atoms with Gasteiger partial charge in [0.2, 0.25) is 0 Å². The molecule has 60 valence electrons. The summed E-state index contributed by atoms with van der Waals surface area (Å²) in [6.45, 7) is 0. The molecule has 0 N–H and O–H groups in total. The van der Waals surface area contributed by atoms with Crippen LogP contribution in [-0.2, 0) is 4.74 Å². The molecule has 3 rings (SSSR count). The number of benzene rings is 1. The molecule has 2 aliphatic carbocycles. The first-order chi connectivity index (χ1) is 5.72. The van der Waals surface area contributed by atoms with Gasteiger partial charge >= 0.3 is 5.97 Å². The number of hydrogen-bond acceptors (Lipinski definition) is 3. The van der Waals surface area contributed by atoms with E-state index in [1.165, 1.54) is 7.11 Å². The second kappa shape index (κ2) is 2.17. The Kier molecular flexibility index (Phi) is 1.27. The lowest BCUT2D eigenvalue weighted by molar-refractivity contribution is 0.0600. The van der Waals surface area contributed by atoms with Gasteiger partial charge in [0.25, 0.3) is 0 Å². The molecule has 0 spiro atoms. The Labute approximate surface area is 69.0 Å². The van der Waals surface area contributed by atoms with Crippen LogP contribution in [0.15, 0.2) is 18.2 Å². The van der Waals surface area contributed by atoms with Crippen molar-refractivity contribution in [3.8, 4) is 0 Å². The van der Waals surface area contributed by atoms with E-state index in [1.54, 1.807) is 18.2 Å². The van der Waals surface area contributed by atoms with Crippen LogP contribution in [0.25, 0.3) is 0 Å². The van der Waals surface area contributed by atoms with Crippen LogP contribution >= 0.6 is 0 Å². The fraction of sp³-hybridized carbons (Fsp3) is 0.111. The highest BCUT2D eigenvalue weighted by Gasteiger charge is 2.23. The zero-order chi connectivity index (χ0) is 8.72. The predicted molar refractivity (Wildman–Crippen MR) is 41.2 cm³/mol. The molecular weight excluding hydrogens is 156 g/mol. The van der Waals surface area contributed by atoms with E-state index in [4.69, 9.17) is 0 Å². The number of carbonyl (C=O) groups is 2. The second-order valence-corrected chi connectivity index (χ2v) is 2.62. The van der Waals surface area contributed by atoms with E-state index in [-0.39, 0.29) is 5.78 Å². The van der Waals surface area contributed by atoms with Crippen molar-refractivity contribution in [1.29, 1.82) is 0 Å². The van der Waals surface area contributed by atoms with Crippen LogP contribution in [-0.4, -0.2) is 18.9 Å². The molecule has 1 aromatic rings. The second-order valence-electron chi connectivity index (χ2n) is 2.62. The fourth-order valence-corrected chi connectivity index (χ4v) is 1.21. The molecule has 2 bridgehead atoms. The minimum atomic E-state index is -0.398. The lowest BCUT2D eigenvalue weighted by Gasteiger charge is -2.14. The Hall–Kier alpha value is -1.64. The molecule has 0 fully saturated rings. The molecule has 0 aromatic heterocycles. The molecule has 3 nitrogen and oxygen atoms in total. The number of ether oxygens (including phenoxy) is 1. The van der Waals surface area contributed by atoms with E-state index in [1.807, 2.05) is 0 Å². The molecule has 1 aromatic carbocycles. The Balaban J connectivity index is 2.42. The van der Waals surface area contributed by atoms with Gasteiger partial charge in [-0.2, -0.15) is 0 Å². The average Bonchev–Trinajstić information content (AvgIpc) is 2.16. The van der Waals surface area contributed by atoms with Crippen LogP contribution in [0.5, 0.6) is 0 Å². The minimum Gasteiger partial charge on any atom is -0.465 e. The van der Waals surface area contributed by atoms with Crippen molar-refractivity contribution in [2.75, 3.05) is 7.11 Å². The third-order valence-electron chi connectivity index (χ3n) is 1.88. The molecule has 0 unspecified atom stereocenters. The number of fused-ring (bicyclic) bond motifs is 2. The van der Waals surface area contributed by atoms with Crippen LogP contribution in [0.4, 0.5) is 0 Å². The molecule has 0 radical (unpaired) electrons. The molecule has 0 atom stereocenters. The van der Waals surface area contributed by atoms with Gasteiger partial charge in [0.1, 0.15) is 0 Å². The summed E-state index contributed by atoms with van der Waals surface area (Å²) in [4.78, 5) is 21.9. The molecule has 12 heavy (non-hydrogen) atoms. The molecule has 3 heteroatoms. The first kappa shape index (κ1) is 7.03. The van der Waals surface area contributed by atoms with Gasteiger partial charge in [0.05, 0.1) is 12.7 Å². The van der Waals surface area contributed by atoms with Crippen LogP contribution in [0.1, 0.15) is 26.3 Å². The standard InChI is InChI=1S/C9H6O3/c1-12-9(11)7-3-5-2-6(4-7)8(5)10/h2-4H,1H3. The minimum absolute atomic E-state index is 0.0163. The highest BCUT2D eigenvalue weighted by Crippen LogP contribution is 2.23. The summed E-state index contributed by atoms with van der Waals surface area (Å²) < 4.78 is 4.50. The van der Waals surface area contributed by atoms with Gasteiger partial charge in [-0.1, -0.05) is 0 Å². The van der Waals surface area contributed by atoms with Gasteiger partial charge in [0, 0.05) is 11.1 Å². The van der Waals surface area contributed by atoms with Gasteiger partial charge in [0.15, 0.2) is 5.78 Å². The Morgan fingerprint density at radius 2 is 1.83 bits per heavy atom. The predicted octanol–water partition coefficient (Wildman–Crippen LogP) is 1.02. The van der Waals surface area contributed by atoms with E-state index in [0.717, 1.165) is 0 Å². The molecule has 0 amide bonds. The maximum atomic E-state index is 11.0. The van der Waals surface area contributed by atoms with Crippen molar-refractivity contribution in [3.63, 3.8) is 0 Å². The lowest BCUT2D eigenvalue weighted by Crippen LogP contribution is -2.16. The van der Waals surface area contributed by atoms with Gasteiger partial charge in [-0.05, 0) is 18.2 Å². The molecule has 2 aliphatic rings. The van der Waals surface area contributed by atoms with Crippen LogP contribution in [0.3, 0.4) is 0 Å². The number of carbonyl (C=O) groups excluding carboxylic acids is 2. The number of ketones is 1. The number of methoxy groups -OCH3 is 1. The average molecular weight is 162 g/mol. The highest BCUT2D eigenvalue weighted by molar-refractivity contribution is 6.18. The number of hydrogen-bond donors (Lipinski definition) is 0. The van der Waals surface area contributed by atoms with Gasteiger partial charge in [-0.25, -0.2) is 4.79 Å². The first-order valence-corrected chi connectivity index (χ1v) is 3.50. The number of rotatable bonds is 1. The topological polar surface area (TPSA) is 43.4 Å². The highest BCUT2D eigenvalue weighted by atomic mass is 16.5. The zero-order valence-electron chi connectivity index (χ0n) is 6.46. The zero-order valence-corrected chi connectivity index (χ0v) is 6.46. The summed E-state index contributed by atoms with van der Waals surface area (Å²) in [6.07, 6.45) is 0. The van der Waals surface area contributed by atoms with Gasteiger partial charge < -0.3 is 4.74 Å². The molecular formula is C9H6O3. The molecule has 0 aliphatic heterocycles. The van der Waals surface area contributed by atoms with Crippen molar-refractivity contribution < 1.29 is 14.3 Å². The third-order valence-corrected chi connectivity index (χ3v) is 1.88. The summed E-state index contributed by atoms with van der Waals surface area (Å²) in [5.41, 5.74) is 1.63. The monoisotopic (exact) mass is 162 g/mol. The van der Waals surface area contributed by atoms with E-state index >= 15 is 0 Å². The Bertz CT molecular complexity index is 355. The normalized spacial score (nSPS) is 12.2. The fourth-order valence-electron chi connectivity index (χ4n) is 1.21. The Morgan fingerprint density at radius 3 is 2.25 bits per heavy atom. The van der Waals surface area contributed by atoms with Crippen molar-refractivity contribution in [3.05, 3.63) is 34.9 Å². The van der Waals surface area contributed by atoms with Crippen molar-refractivity contribution in [2.45, 2.75) is 0 Å².